The lowest BCUT2D eigenvalue weighted by atomic mass is 9.88. The van der Waals surface area contributed by atoms with Gasteiger partial charge >= 0.3 is 6.03 Å². The van der Waals surface area contributed by atoms with Crippen molar-refractivity contribution in [2.45, 2.75) is 59.0 Å². The van der Waals surface area contributed by atoms with E-state index < -0.39 is 6.04 Å². The van der Waals surface area contributed by atoms with Gasteiger partial charge in [-0.25, -0.2) is 4.79 Å². The van der Waals surface area contributed by atoms with Gasteiger partial charge in [-0.1, -0.05) is 38.5 Å². The van der Waals surface area contributed by atoms with Gasteiger partial charge in [-0.3, -0.25) is 14.5 Å². The van der Waals surface area contributed by atoms with Crippen molar-refractivity contribution in [1.29, 1.82) is 0 Å². The number of carbonyl (C=O) groups is 3. The Balaban J connectivity index is 1.60. The molecule has 146 valence electrons. The van der Waals surface area contributed by atoms with E-state index in [1.807, 2.05) is 36.1 Å². The summed E-state index contributed by atoms with van der Waals surface area (Å²) in [5.74, 6) is -0.116. The number of likely N-dealkylation sites (tertiary alicyclic amines) is 1. The maximum Gasteiger partial charge on any atom is 0.325 e. The molecule has 1 aromatic carbocycles. The molecule has 0 saturated carbocycles. The highest BCUT2D eigenvalue weighted by Gasteiger charge is 2.44. The lowest BCUT2D eigenvalue weighted by Gasteiger charge is -2.35. The number of rotatable bonds is 3. The molecule has 0 radical (unpaired) electrons. The molecule has 27 heavy (non-hydrogen) atoms. The molecule has 0 spiro atoms. The maximum atomic E-state index is 12.7. The third-order valence-electron chi connectivity index (χ3n) is 5.28. The minimum atomic E-state index is -0.440. The highest BCUT2D eigenvalue weighted by molar-refractivity contribution is 6.04. The Morgan fingerprint density at radius 2 is 1.70 bits per heavy atom. The van der Waals surface area contributed by atoms with Crippen LogP contribution < -0.4 is 5.32 Å². The number of aryl methyl sites for hydroxylation is 1. The molecule has 6 nitrogen and oxygen atoms in total. The van der Waals surface area contributed by atoms with E-state index in [4.69, 9.17) is 0 Å². The summed E-state index contributed by atoms with van der Waals surface area (Å²) in [5, 5.41) is 2.83. The molecule has 1 atom stereocenters. The second kappa shape index (κ2) is 7.33. The maximum absolute atomic E-state index is 12.7. The van der Waals surface area contributed by atoms with Crippen LogP contribution in [0.2, 0.25) is 0 Å². The van der Waals surface area contributed by atoms with Crippen LogP contribution in [0.4, 0.5) is 4.79 Å². The van der Waals surface area contributed by atoms with E-state index in [-0.39, 0.29) is 29.3 Å². The van der Waals surface area contributed by atoms with E-state index in [1.54, 1.807) is 0 Å². The zero-order valence-corrected chi connectivity index (χ0v) is 16.6. The molecule has 2 aliphatic heterocycles. The summed E-state index contributed by atoms with van der Waals surface area (Å²) < 4.78 is 0. The number of hydrogen-bond acceptors (Lipinski definition) is 3. The molecule has 2 saturated heterocycles. The average Bonchev–Trinajstić information content (AvgIpc) is 2.87. The Kier molecular flexibility index (Phi) is 5.27. The van der Waals surface area contributed by atoms with Crippen molar-refractivity contribution in [1.82, 2.24) is 15.1 Å². The van der Waals surface area contributed by atoms with Crippen molar-refractivity contribution < 1.29 is 14.4 Å². The van der Waals surface area contributed by atoms with Crippen LogP contribution >= 0.6 is 0 Å². The van der Waals surface area contributed by atoms with E-state index in [1.165, 1.54) is 4.90 Å². The van der Waals surface area contributed by atoms with Crippen LogP contribution in [-0.4, -0.2) is 52.8 Å². The van der Waals surface area contributed by atoms with Crippen LogP contribution in [-0.2, 0) is 4.79 Å². The molecule has 2 heterocycles. The summed E-state index contributed by atoms with van der Waals surface area (Å²) in [4.78, 5) is 40.9. The van der Waals surface area contributed by atoms with Crippen molar-refractivity contribution in [2.75, 3.05) is 13.1 Å². The van der Waals surface area contributed by atoms with Gasteiger partial charge in [-0.15, -0.1) is 0 Å². The number of amides is 4. The van der Waals surface area contributed by atoms with Crippen LogP contribution in [0.5, 0.6) is 0 Å². The molecule has 4 amide bonds. The SMILES string of the molecule is Cc1ccc(C(=O)N2CCC(N3C(=O)NC(CC(C)(C)C)C3=O)CC2)cc1. The van der Waals surface area contributed by atoms with Crippen molar-refractivity contribution in [3.8, 4) is 0 Å². The fraction of sp³-hybridized carbons (Fsp3) is 0.571. The molecular weight excluding hydrogens is 342 g/mol. The predicted molar refractivity (Wildman–Crippen MR) is 103 cm³/mol. The third kappa shape index (κ3) is 4.31. The lowest BCUT2D eigenvalue weighted by Crippen LogP contribution is -2.49. The van der Waals surface area contributed by atoms with Crippen molar-refractivity contribution >= 4 is 17.8 Å². The number of hydrogen-bond donors (Lipinski definition) is 1. The number of benzene rings is 1. The van der Waals surface area contributed by atoms with Crippen LogP contribution in [0.15, 0.2) is 24.3 Å². The zero-order chi connectivity index (χ0) is 19.8. The van der Waals surface area contributed by atoms with Gasteiger partial charge in [0.15, 0.2) is 0 Å². The van der Waals surface area contributed by atoms with Gasteiger partial charge in [-0.2, -0.15) is 0 Å². The van der Waals surface area contributed by atoms with Crippen molar-refractivity contribution in [3.63, 3.8) is 0 Å². The highest BCUT2D eigenvalue weighted by Crippen LogP contribution is 2.27. The Hall–Kier alpha value is -2.37. The summed E-state index contributed by atoms with van der Waals surface area (Å²) in [5.41, 5.74) is 1.76. The third-order valence-corrected chi connectivity index (χ3v) is 5.28. The number of carbonyl (C=O) groups excluding carboxylic acids is 3. The highest BCUT2D eigenvalue weighted by atomic mass is 16.2. The molecule has 1 N–H and O–H groups in total. The number of nitrogens with one attached hydrogen (secondary N) is 1. The van der Waals surface area contributed by atoms with Gasteiger partial charge in [0.1, 0.15) is 6.04 Å². The smallest absolute Gasteiger partial charge is 0.325 e. The minimum Gasteiger partial charge on any atom is -0.338 e. The second-order valence-electron chi connectivity index (χ2n) is 8.86. The first-order valence-corrected chi connectivity index (χ1v) is 9.65. The van der Waals surface area contributed by atoms with Crippen LogP contribution in [0.3, 0.4) is 0 Å². The monoisotopic (exact) mass is 371 g/mol. The standard InChI is InChI=1S/C21H29N3O3/c1-14-5-7-15(8-6-14)18(25)23-11-9-16(10-12-23)24-19(26)17(22-20(24)27)13-21(2,3)4/h5-8,16-17H,9-13H2,1-4H3,(H,22,27). The number of piperidine rings is 1. The Morgan fingerprint density at radius 1 is 1.11 bits per heavy atom. The van der Waals surface area contributed by atoms with Crippen LogP contribution in [0, 0.1) is 12.3 Å². The summed E-state index contributed by atoms with van der Waals surface area (Å²) in [6.07, 6.45) is 1.87. The Morgan fingerprint density at radius 3 is 2.26 bits per heavy atom. The van der Waals surface area contributed by atoms with E-state index in [0.29, 0.717) is 37.9 Å². The molecule has 1 aromatic rings. The van der Waals surface area contributed by atoms with Gasteiger partial charge in [0.25, 0.3) is 11.8 Å². The van der Waals surface area contributed by atoms with Crippen molar-refractivity contribution in [2.24, 2.45) is 5.41 Å². The Bertz CT molecular complexity index is 728. The van der Waals surface area contributed by atoms with Gasteiger partial charge in [0, 0.05) is 24.7 Å². The first-order valence-electron chi connectivity index (χ1n) is 9.65. The van der Waals surface area contributed by atoms with E-state index in [0.717, 1.165) is 5.56 Å². The number of imide groups is 1. The van der Waals surface area contributed by atoms with Crippen molar-refractivity contribution in [3.05, 3.63) is 35.4 Å². The fourth-order valence-electron chi connectivity index (χ4n) is 3.85. The average molecular weight is 371 g/mol. The summed E-state index contributed by atoms with van der Waals surface area (Å²) in [6, 6.07) is 6.69. The molecule has 6 heteroatoms. The molecule has 0 aliphatic carbocycles. The van der Waals surface area contributed by atoms with Crippen LogP contribution in [0.1, 0.15) is 56.0 Å². The van der Waals surface area contributed by atoms with Gasteiger partial charge in [0.05, 0.1) is 0 Å². The molecule has 0 aromatic heterocycles. The van der Waals surface area contributed by atoms with Gasteiger partial charge < -0.3 is 10.2 Å². The normalized spacial score (nSPS) is 21.6. The summed E-state index contributed by atoms with van der Waals surface area (Å²) >= 11 is 0. The topological polar surface area (TPSA) is 69.7 Å². The second-order valence-corrected chi connectivity index (χ2v) is 8.86. The molecule has 1 unspecified atom stereocenters. The first-order chi connectivity index (χ1) is 12.7. The largest absolute Gasteiger partial charge is 0.338 e. The molecular formula is C21H29N3O3. The molecule has 2 fully saturated rings. The van der Waals surface area contributed by atoms with E-state index in [9.17, 15) is 14.4 Å². The fourth-order valence-corrected chi connectivity index (χ4v) is 3.85. The summed E-state index contributed by atoms with van der Waals surface area (Å²) in [6.45, 7) is 9.28. The predicted octanol–water partition coefficient (Wildman–Crippen LogP) is 2.96. The van der Waals surface area contributed by atoms with Gasteiger partial charge in [-0.05, 0) is 43.7 Å². The summed E-state index contributed by atoms with van der Waals surface area (Å²) in [7, 11) is 0. The van der Waals surface area contributed by atoms with E-state index in [2.05, 4.69) is 26.1 Å². The molecule has 2 aliphatic rings. The van der Waals surface area contributed by atoms with E-state index >= 15 is 0 Å². The van der Waals surface area contributed by atoms with Crippen LogP contribution in [0.25, 0.3) is 0 Å². The molecule has 3 rings (SSSR count). The van der Waals surface area contributed by atoms with Gasteiger partial charge in [0.2, 0.25) is 0 Å². The number of urea groups is 1. The lowest BCUT2D eigenvalue weighted by molar-refractivity contribution is -0.130. The quantitative estimate of drug-likeness (QED) is 0.831. The minimum absolute atomic E-state index is 0.0104. The number of nitrogens with zero attached hydrogens (tertiary/aromatic N) is 2. The Labute approximate surface area is 160 Å². The first kappa shape index (κ1) is 19.4. The zero-order valence-electron chi connectivity index (χ0n) is 16.6. The molecule has 0 bridgehead atoms.